The summed E-state index contributed by atoms with van der Waals surface area (Å²) < 4.78 is 0. The topological polar surface area (TPSA) is 12.4 Å². The van der Waals surface area contributed by atoms with Gasteiger partial charge in [0.05, 0.1) is 0 Å². The van der Waals surface area contributed by atoms with Crippen molar-refractivity contribution >= 4 is 5.71 Å². The molecular weight excluding hydrogens is 177 g/mol. The van der Waals surface area contributed by atoms with Crippen molar-refractivity contribution in [1.82, 2.24) is 0 Å². The van der Waals surface area contributed by atoms with E-state index < -0.39 is 0 Å². The molecule has 0 N–H and O–H groups in total. The molecule has 0 saturated carbocycles. The third-order valence-electron chi connectivity index (χ3n) is 1.10. The molecule has 0 radical (unpaired) electrons. The Kier molecular flexibility index (Phi) is 2.60. The Hall–Kier alpha value is 0.553. The molecule has 1 nitrogen and oxygen atoms in total. The summed E-state index contributed by atoms with van der Waals surface area (Å²) in [6.45, 7) is 7.91. The molecule has 1 heterocycles. The summed E-state index contributed by atoms with van der Waals surface area (Å²) in [7, 11) is 0. The second kappa shape index (κ2) is 2.43. The van der Waals surface area contributed by atoms with Gasteiger partial charge < -0.3 is 11.9 Å². The molecule has 1 rings (SSSR count). The first-order valence-corrected chi connectivity index (χ1v) is 2.51. The number of rotatable bonds is 0. The Morgan fingerprint density at radius 2 is 2.12 bits per heavy atom. The fourth-order valence-corrected chi connectivity index (χ4v) is 1.000. The van der Waals surface area contributed by atoms with Gasteiger partial charge in [-0.05, 0) is 13.3 Å². The molecule has 0 amide bonds. The molecule has 1 aliphatic heterocycles. The van der Waals surface area contributed by atoms with Crippen LogP contribution in [0.2, 0.25) is 0 Å². The predicted octanol–water partition coefficient (Wildman–Crippen LogP) is 1.44. The SMILES string of the molecule is [CH2-]C1(C)CC(C)=N1.[Zr]. The van der Waals surface area contributed by atoms with Crippen molar-refractivity contribution in [3.05, 3.63) is 6.92 Å². The van der Waals surface area contributed by atoms with E-state index in [2.05, 4.69) is 11.9 Å². The molecular formula is C6H10NZr-. The summed E-state index contributed by atoms with van der Waals surface area (Å²) in [4.78, 5) is 4.16. The Morgan fingerprint density at radius 3 is 2.12 bits per heavy atom. The molecule has 0 saturated heterocycles. The first kappa shape index (κ1) is 8.55. The first-order valence-electron chi connectivity index (χ1n) is 2.51. The fraction of sp³-hybridized carbons (Fsp3) is 0.667. The quantitative estimate of drug-likeness (QED) is 0.509. The number of hydrogen-bond donors (Lipinski definition) is 0. The zero-order chi connectivity index (χ0) is 5.49. The maximum Gasteiger partial charge on any atom is 0.00638 e. The van der Waals surface area contributed by atoms with E-state index in [9.17, 15) is 0 Å². The number of nitrogens with zero attached hydrogens (tertiary/aromatic N) is 1. The van der Waals surface area contributed by atoms with E-state index in [-0.39, 0.29) is 31.7 Å². The summed E-state index contributed by atoms with van der Waals surface area (Å²) in [6, 6.07) is 0. The standard InChI is InChI=1S/C6H10N.Zr/c1-5-4-6(2,3)7-5;/h2,4H2,1,3H3;/q-1;. The van der Waals surface area contributed by atoms with E-state index in [1.807, 2.05) is 13.8 Å². The van der Waals surface area contributed by atoms with Gasteiger partial charge >= 0.3 is 0 Å². The van der Waals surface area contributed by atoms with Crippen LogP contribution >= 0.6 is 0 Å². The summed E-state index contributed by atoms with van der Waals surface area (Å²) in [6.07, 6.45) is 1.08. The number of hydrogen-bond acceptors (Lipinski definition) is 1. The van der Waals surface area contributed by atoms with Crippen LogP contribution in [0.15, 0.2) is 4.99 Å². The average molecular weight is 187 g/mol. The molecule has 44 valence electrons. The molecule has 0 fully saturated rings. The summed E-state index contributed by atoms with van der Waals surface area (Å²) >= 11 is 0. The maximum absolute atomic E-state index is 4.16. The van der Waals surface area contributed by atoms with E-state index in [1.54, 1.807) is 0 Å². The molecule has 1 atom stereocenters. The van der Waals surface area contributed by atoms with E-state index in [4.69, 9.17) is 0 Å². The van der Waals surface area contributed by atoms with Crippen LogP contribution in [-0.2, 0) is 26.2 Å². The van der Waals surface area contributed by atoms with Crippen molar-refractivity contribution in [3.8, 4) is 0 Å². The van der Waals surface area contributed by atoms with Crippen LogP contribution in [0.4, 0.5) is 0 Å². The van der Waals surface area contributed by atoms with Gasteiger partial charge in [-0.3, -0.25) is 0 Å². The number of aliphatic imine (C=N–C) groups is 1. The van der Waals surface area contributed by atoms with E-state index >= 15 is 0 Å². The monoisotopic (exact) mass is 186 g/mol. The summed E-state index contributed by atoms with van der Waals surface area (Å²) in [5.41, 5.74) is 1.27. The van der Waals surface area contributed by atoms with Crippen LogP contribution in [-0.4, -0.2) is 11.3 Å². The average Bonchev–Trinajstić information content (AvgIpc) is 1.27. The van der Waals surface area contributed by atoms with Gasteiger partial charge in [0.1, 0.15) is 0 Å². The van der Waals surface area contributed by atoms with Crippen molar-refractivity contribution in [1.29, 1.82) is 0 Å². The molecule has 1 aliphatic rings. The Balaban J connectivity index is 0.000000490. The van der Waals surface area contributed by atoms with Crippen molar-refractivity contribution < 1.29 is 26.2 Å². The van der Waals surface area contributed by atoms with Gasteiger partial charge in [0.2, 0.25) is 0 Å². The third kappa shape index (κ3) is 1.81. The zero-order valence-corrected chi connectivity index (χ0v) is 7.82. The maximum atomic E-state index is 4.16. The molecule has 0 aromatic heterocycles. The molecule has 0 aromatic carbocycles. The van der Waals surface area contributed by atoms with Gasteiger partial charge in [-0.1, -0.05) is 12.5 Å². The van der Waals surface area contributed by atoms with Gasteiger partial charge in [-0.2, -0.15) is 0 Å². The van der Waals surface area contributed by atoms with Crippen molar-refractivity contribution in [3.63, 3.8) is 0 Å². The second-order valence-corrected chi connectivity index (χ2v) is 2.52. The van der Waals surface area contributed by atoms with Crippen LogP contribution in [0.25, 0.3) is 0 Å². The van der Waals surface area contributed by atoms with Crippen LogP contribution in [0.1, 0.15) is 20.3 Å². The first-order chi connectivity index (χ1) is 3.10. The van der Waals surface area contributed by atoms with Gasteiger partial charge in [-0.15, -0.1) is 0 Å². The largest absolute Gasteiger partial charge is 0.320 e. The van der Waals surface area contributed by atoms with Crippen LogP contribution < -0.4 is 0 Å². The molecule has 0 spiro atoms. The Bertz CT molecular complexity index is 116. The molecule has 1 unspecified atom stereocenters. The molecule has 2 heteroatoms. The zero-order valence-electron chi connectivity index (χ0n) is 5.36. The van der Waals surface area contributed by atoms with Crippen molar-refractivity contribution in [2.75, 3.05) is 0 Å². The Labute approximate surface area is 69.7 Å². The van der Waals surface area contributed by atoms with E-state index in [1.165, 1.54) is 5.71 Å². The van der Waals surface area contributed by atoms with Crippen LogP contribution in [0, 0.1) is 6.92 Å². The van der Waals surface area contributed by atoms with Crippen molar-refractivity contribution in [2.24, 2.45) is 4.99 Å². The molecule has 0 aromatic rings. The third-order valence-corrected chi connectivity index (χ3v) is 1.10. The van der Waals surface area contributed by atoms with Crippen molar-refractivity contribution in [2.45, 2.75) is 25.8 Å². The fourth-order valence-electron chi connectivity index (χ4n) is 1.000. The molecule has 0 bridgehead atoms. The summed E-state index contributed by atoms with van der Waals surface area (Å²) in [5, 5.41) is 0. The second-order valence-electron chi connectivity index (χ2n) is 2.52. The van der Waals surface area contributed by atoms with E-state index in [0.717, 1.165) is 6.42 Å². The minimum absolute atomic E-state index is 0. The summed E-state index contributed by atoms with van der Waals surface area (Å²) in [5.74, 6) is 0. The normalized spacial score (nSPS) is 34.6. The smallest absolute Gasteiger partial charge is 0.00638 e. The van der Waals surface area contributed by atoms with Crippen LogP contribution in [0.3, 0.4) is 0 Å². The van der Waals surface area contributed by atoms with E-state index in [0.29, 0.717) is 0 Å². The molecule has 0 aliphatic carbocycles. The van der Waals surface area contributed by atoms with Gasteiger partial charge in [0, 0.05) is 31.9 Å². The van der Waals surface area contributed by atoms with Gasteiger partial charge in [0.25, 0.3) is 0 Å². The van der Waals surface area contributed by atoms with Gasteiger partial charge in [0.15, 0.2) is 0 Å². The molecule has 8 heavy (non-hydrogen) atoms. The van der Waals surface area contributed by atoms with Gasteiger partial charge in [-0.25, -0.2) is 0 Å². The minimum atomic E-state index is 0. The predicted molar refractivity (Wildman–Crippen MR) is 31.5 cm³/mol. The van der Waals surface area contributed by atoms with Crippen LogP contribution in [0.5, 0.6) is 0 Å². The Morgan fingerprint density at radius 1 is 1.75 bits per heavy atom. The minimum Gasteiger partial charge on any atom is -0.320 e.